The van der Waals surface area contributed by atoms with Crippen molar-refractivity contribution in [1.29, 1.82) is 0 Å². The Kier molecular flexibility index (Phi) is 8.75. The molecule has 1 aromatic rings. The zero-order valence-corrected chi connectivity index (χ0v) is 18.1. The number of alkyl halides is 3. The van der Waals surface area contributed by atoms with Gasteiger partial charge in [-0.05, 0) is 24.3 Å². The first-order valence-corrected chi connectivity index (χ1v) is 10.1. The summed E-state index contributed by atoms with van der Waals surface area (Å²) >= 11 is 1.01. The summed E-state index contributed by atoms with van der Waals surface area (Å²) in [4.78, 5) is 34.8. The van der Waals surface area contributed by atoms with Crippen LogP contribution in [0.5, 0.6) is 5.75 Å². The van der Waals surface area contributed by atoms with Crippen LogP contribution in [0.1, 0.15) is 20.8 Å². The third kappa shape index (κ3) is 7.88. The van der Waals surface area contributed by atoms with Crippen LogP contribution < -0.4 is 10.5 Å². The van der Waals surface area contributed by atoms with E-state index in [4.69, 9.17) is 24.7 Å². The molecule has 32 heavy (non-hydrogen) atoms. The van der Waals surface area contributed by atoms with Gasteiger partial charge in [0.1, 0.15) is 30.0 Å². The van der Waals surface area contributed by atoms with E-state index >= 15 is 0 Å². The van der Waals surface area contributed by atoms with E-state index in [9.17, 15) is 27.6 Å². The smallest absolute Gasteiger partial charge is 0.463 e. The number of carbonyl (C=O) groups is 3. The molecule has 0 spiro atoms. The van der Waals surface area contributed by atoms with Crippen LogP contribution in [0, 0.1) is 0 Å². The fourth-order valence-corrected chi connectivity index (χ4v) is 4.03. The van der Waals surface area contributed by atoms with Crippen molar-refractivity contribution in [2.24, 2.45) is 5.73 Å². The molecule has 2 N–H and O–H groups in total. The summed E-state index contributed by atoms with van der Waals surface area (Å²) in [5.74, 6) is -2.36. The molecular weight excluding hydrogens is 459 g/mol. The number of benzene rings is 1. The molecule has 5 atom stereocenters. The van der Waals surface area contributed by atoms with E-state index in [0.29, 0.717) is 4.90 Å². The molecule has 0 amide bonds. The summed E-state index contributed by atoms with van der Waals surface area (Å²) in [6.07, 6.45) is -7.98. The highest BCUT2D eigenvalue weighted by Crippen LogP contribution is 2.36. The molecule has 5 unspecified atom stereocenters. The van der Waals surface area contributed by atoms with E-state index in [-0.39, 0.29) is 6.61 Å². The fourth-order valence-electron chi connectivity index (χ4n) is 2.90. The van der Waals surface area contributed by atoms with Crippen LogP contribution in [0.25, 0.3) is 0 Å². The largest absolute Gasteiger partial charge is 0.573 e. The van der Waals surface area contributed by atoms with Crippen LogP contribution in [0.15, 0.2) is 29.2 Å². The van der Waals surface area contributed by atoms with Crippen molar-refractivity contribution in [2.45, 2.75) is 61.8 Å². The van der Waals surface area contributed by atoms with Gasteiger partial charge in [0.25, 0.3) is 0 Å². The number of ether oxygens (including phenoxy) is 5. The Hall–Kier alpha value is -2.51. The summed E-state index contributed by atoms with van der Waals surface area (Å²) in [6, 6.07) is 3.88. The van der Waals surface area contributed by atoms with E-state index in [0.717, 1.165) is 37.7 Å². The first-order valence-electron chi connectivity index (χ1n) is 9.27. The van der Waals surface area contributed by atoms with Crippen molar-refractivity contribution < 1.29 is 51.2 Å². The number of hydrogen-bond acceptors (Lipinski definition) is 10. The van der Waals surface area contributed by atoms with Crippen LogP contribution >= 0.6 is 11.8 Å². The highest BCUT2D eigenvalue weighted by Gasteiger charge is 2.48. The Morgan fingerprint density at radius 1 is 1.00 bits per heavy atom. The second-order valence-corrected chi connectivity index (χ2v) is 7.88. The number of rotatable bonds is 7. The highest BCUT2D eigenvalue weighted by atomic mass is 32.2. The first kappa shape index (κ1) is 25.7. The molecule has 1 fully saturated rings. The number of esters is 3. The van der Waals surface area contributed by atoms with Crippen molar-refractivity contribution in [3.8, 4) is 5.75 Å². The standard InChI is InChI=1S/C19H22F3NO8S/c1-9(24)27-8-14-16(28-10(2)25)15(23)17(29-11(3)26)18(30-14)32-13-6-4-12(5-7-13)31-19(20,21)22/h4-7,14-18H,8,23H2,1-3H3. The minimum absolute atomic E-state index is 0.289. The number of thioether (sulfide) groups is 1. The van der Waals surface area contributed by atoms with Gasteiger partial charge in [-0.3, -0.25) is 14.4 Å². The van der Waals surface area contributed by atoms with E-state index in [1.54, 1.807) is 0 Å². The third-order valence-electron chi connectivity index (χ3n) is 4.07. The van der Waals surface area contributed by atoms with Gasteiger partial charge in [-0.25, -0.2) is 0 Å². The molecule has 0 aliphatic carbocycles. The monoisotopic (exact) mass is 481 g/mol. The number of nitrogens with two attached hydrogens (primary N) is 1. The van der Waals surface area contributed by atoms with E-state index in [2.05, 4.69) is 4.74 Å². The molecule has 1 heterocycles. The second kappa shape index (κ2) is 10.9. The summed E-state index contributed by atoms with van der Waals surface area (Å²) in [5.41, 5.74) is 5.27. The highest BCUT2D eigenvalue weighted by molar-refractivity contribution is 7.99. The van der Waals surface area contributed by atoms with Crippen molar-refractivity contribution in [2.75, 3.05) is 6.61 Å². The lowest BCUT2D eigenvalue weighted by molar-refractivity contribution is -0.274. The van der Waals surface area contributed by atoms with Crippen molar-refractivity contribution in [1.82, 2.24) is 0 Å². The molecular formula is C19H22F3NO8S. The Bertz CT molecular complexity index is 818. The van der Waals surface area contributed by atoms with E-state index < -0.39 is 59.8 Å². The zero-order chi connectivity index (χ0) is 24.1. The van der Waals surface area contributed by atoms with Crippen LogP contribution in [-0.4, -0.2) is 60.7 Å². The molecule has 0 bridgehead atoms. The Morgan fingerprint density at radius 3 is 2.06 bits per heavy atom. The maximum absolute atomic E-state index is 12.3. The average molecular weight is 481 g/mol. The Morgan fingerprint density at radius 2 is 1.56 bits per heavy atom. The van der Waals surface area contributed by atoms with Crippen LogP contribution in [0.3, 0.4) is 0 Å². The molecule has 1 saturated heterocycles. The van der Waals surface area contributed by atoms with Crippen molar-refractivity contribution in [3.63, 3.8) is 0 Å². The Labute approximate surface area is 185 Å². The normalized spacial score (nSPS) is 25.5. The number of hydrogen-bond donors (Lipinski definition) is 1. The zero-order valence-electron chi connectivity index (χ0n) is 17.3. The molecule has 13 heteroatoms. The lowest BCUT2D eigenvalue weighted by Gasteiger charge is -2.43. The molecule has 0 aromatic heterocycles. The lowest BCUT2D eigenvalue weighted by atomic mass is 9.97. The summed E-state index contributed by atoms with van der Waals surface area (Å²) in [6.45, 7) is 3.20. The van der Waals surface area contributed by atoms with Gasteiger partial charge in [0.05, 0.1) is 6.04 Å². The average Bonchev–Trinajstić information content (AvgIpc) is 2.65. The maximum Gasteiger partial charge on any atom is 0.573 e. The van der Waals surface area contributed by atoms with Crippen LogP contribution in [0.2, 0.25) is 0 Å². The SMILES string of the molecule is CC(=O)OCC1OC(Sc2ccc(OC(F)(F)F)cc2)C(OC(C)=O)C(N)C1OC(C)=O. The van der Waals surface area contributed by atoms with Gasteiger partial charge < -0.3 is 29.4 Å². The van der Waals surface area contributed by atoms with E-state index in [1.807, 2.05) is 0 Å². The predicted molar refractivity (Wildman–Crippen MR) is 103 cm³/mol. The predicted octanol–water partition coefficient (Wildman–Crippen LogP) is 2.16. The molecule has 0 saturated carbocycles. The second-order valence-electron chi connectivity index (χ2n) is 6.71. The minimum Gasteiger partial charge on any atom is -0.463 e. The lowest BCUT2D eigenvalue weighted by Crippen LogP contribution is -2.63. The van der Waals surface area contributed by atoms with E-state index in [1.165, 1.54) is 19.1 Å². The van der Waals surface area contributed by atoms with Gasteiger partial charge in [0, 0.05) is 25.7 Å². The summed E-state index contributed by atoms with van der Waals surface area (Å²) in [5, 5.41) is 0. The van der Waals surface area contributed by atoms with Gasteiger partial charge in [-0.2, -0.15) is 0 Å². The van der Waals surface area contributed by atoms with Gasteiger partial charge >= 0.3 is 24.3 Å². The van der Waals surface area contributed by atoms with Crippen molar-refractivity contribution >= 4 is 29.7 Å². The number of carbonyl (C=O) groups excluding carboxylic acids is 3. The fraction of sp³-hybridized carbons (Fsp3) is 0.526. The molecule has 1 aliphatic heterocycles. The third-order valence-corrected chi connectivity index (χ3v) is 5.22. The summed E-state index contributed by atoms with van der Waals surface area (Å²) < 4.78 is 62.2. The summed E-state index contributed by atoms with van der Waals surface area (Å²) in [7, 11) is 0. The van der Waals surface area contributed by atoms with Gasteiger partial charge in [0.2, 0.25) is 0 Å². The van der Waals surface area contributed by atoms with Crippen LogP contribution in [0.4, 0.5) is 13.2 Å². The molecule has 1 aromatic carbocycles. The molecule has 1 aliphatic rings. The molecule has 0 radical (unpaired) electrons. The van der Waals surface area contributed by atoms with Gasteiger partial charge in [-0.15, -0.1) is 13.2 Å². The van der Waals surface area contributed by atoms with Gasteiger partial charge in [-0.1, -0.05) is 11.8 Å². The van der Waals surface area contributed by atoms with Gasteiger partial charge in [0.15, 0.2) is 6.10 Å². The molecule has 178 valence electrons. The Balaban J connectivity index is 2.25. The van der Waals surface area contributed by atoms with Crippen LogP contribution in [-0.2, 0) is 33.3 Å². The quantitative estimate of drug-likeness (QED) is 0.458. The minimum atomic E-state index is -4.83. The number of halogens is 3. The topological polar surface area (TPSA) is 123 Å². The van der Waals surface area contributed by atoms with Crippen molar-refractivity contribution in [3.05, 3.63) is 24.3 Å². The maximum atomic E-state index is 12.3. The molecule has 2 rings (SSSR count). The first-order chi connectivity index (χ1) is 14.9. The molecule has 9 nitrogen and oxygen atoms in total.